The molecule has 0 spiro atoms. The van der Waals surface area contributed by atoms with Crippen LogP contribution in [0.4, 0.5) is 21.8 Å². The van der Waals surface area contributed by atoms with E-state index in [9.17, 15) is 9.65 Å². The standard InChI is InChI=1S/C21H25FN10/c1-20(2)8-15(9-21(3,4)29-20)26-18-13(10-23)11-24-19(28-18)27-14-5-6-16(22)17(7-14)32-12-25-30-31-32/h5-7,11-12,15,29H,8-9H2,1-4H3,(H2,24,26,27,28). The highest BCUT2D eigenvalue weighted by atomic mass is 19.1. The number of hydrogen-bond acceptors (Lipinski definition) is 9. The summed E-state index contributed by atoms with van der Waals surface area (Å²) in [5, 5.41) is 30.5. The Kier molecular flexibility index (Phi) is 5.48. The van der Waals surface area contributed by atoms with E-state index in [4.69, 9.17) is 0 Å². The van der Waals surface area contributed by atoms with Crippen molar-refractivity contribution >= 4 is 17.5 Å². The molecule has 0 bridgehead atoms. The van der Waals surface area contributed by atoms with Gasteiger partial charge in [0.2, 0.25) is 5.95 Å². The fourth-order valence-corrected chi connectivity index (χ4v) is 4.42. The number of halogens is 1. The molecule has 3 aromatic rings. The normalized spacial score (nSPS) is 17.5. The maximum absolute atomic E-state index is 14.2. The van der Waals surface area contributed by atoms with Crippen molar-refractivity contribution in [1.29, 1.82) is 5.26 Å². The summed E-state index contributed by atoms with van der Waals surface area (Å²) in [7, 11) is 0. The molecule has 3 N–H and O–H groups in total. The number of nitriles is 1. The van der Waals surface area contributed by atoms with Crippen molar-refractivity contribution in [2.24, 2.45) is 0 Å². The van der Waals surface area contributed by atoms with Crippen molar-refractivity contribution in [3.63, 3.8) is 0 Å². The van der Waals surface area contributed by atoms with Crippen LogP contribution in [-0.2, 0) is 0 Å². The number of nitrogens with one attached hydrogen (secondary N) is 3. The van der Waals surface area contributed by atoms with Crippen LogP contribution in [0.1, 0.15) is 46.1 Å². The summed E-state index contributed by atoms with van der Waals surface area (Å²) in [4.78, 5) is 8.76. The molecule has 0 radical (unpaired) electrons. The lowest BCUT2D eigenvalue weighted by Crippen LogP contribution is -2.60. The first-order valence-electron chi connectivity index (χ1n) is 10.3. The van der Waals surface area contributed by atoms with Crippen LogP contribution < -0.4 is 16.0 Å². The largest absolute Gasteiger partial charge is 0.366 e. The predicted octanol–water partition coefficient (Wildman–Crippen LogP) is 2.93. The highest BCUT2D eigenvalue weighted by molar-refractivity contribution is 5.61. The molecule has 0 aliphatic carbocycles. The van der Waals surface area contributed by atoms with Gasteiger partial charge in [-0.3, -0.25) is 0 Å². The molecule has 32 heavy (non-hydrogen) atoms. The molecule has 3 heterocycles. The summed E-state index contributed by atoms with van der Waals surface area (Å²) >= 11 is 0. The zero-order valence-corrected chi connectivity index (χ0v) is 18.4. The first-order valence-corrected chi connectivity index (χ1v) is 10.3. The molecule has 4 rings (SSSR count). The summed E-state index contributed by atoms with van der Waals surface area (Å²) in [6.45, 7) is 8.66. The smallest absolute Gasteiger partial charge is 0.229 e. The maximum atomic E-state index is 14.2. The van der Waals surface area contributed by atoms with Crippen LogP contribution in [0.2, 0.25) is 0 Å². The molecule has 2 aromatic heterocycles. The van der Waals surface area contributed by atoms with Crippen molar-refractivity contribution in [2.45, 2.75) is 57.7 Å². The Bertz CT molecular complexity index is 1130. The molecule has 0 unspecified atom stereocenters. The van der Waals surface area contributed by atoms with E-state index in [0.29, 0.717) is 17.1 Å². The number of anilines is 3. The van der Waals surface area contributed by atoms with Gasteiger partial charge in [-0.25, -0.2) is 9.37 Å². The van der Waals surface area contributed by atoms with Crippen LogP contribution in [0.15, 0.2) is 30.7 Å². The fraction of sp³-hybridized carbons (Fsp3) is 0.429. The van der Waals surface area contributed by atoms with Gasteiger partial charge in [0.25, 0.3) is 0 Å². The highest BCUT2D eigenvalue weighted by Crippen LogP contribution is 2.31. The number of aromatic nitrogens is 6. The quantitative estimate of drug-likeness (QED) is 0.553. The third-order valence-corrected chi connectivity index (χ3v) is 5.24. The van der Waals surface area contributed by atoms with Crippen molar-refractivity contribution in [1.82, 2.24) is 35.5 Å². The Hall–Kier alpha value is -3.65. The second-order valence-corrected chi connectivity index (χ2v) is 9.26. The summed E-state index contributed by atoms with van der Waals surface area (Å²) in [6, 6.07) is 6.71. The van der Waals surface area contributed by atoms with Crippen LogP contribution in [0.5, 0.6) is 0 Å². The molecule has 0 amide bonds. The molecule has 166 valence electrons. The predicted molar refractivity (Wildman–Crippen MR) is 117 cm³/mol. The summed E-state index contributed by atoms with van der Waals surface area (Å²) in [6.07, 6.45) is 4.54. The van der Waals surface area contributed by atoms with Gasteiger partial charge in [0.05, 0.1) is 6.20 Å². The summed E-state index contributed by atoms with van der Waals surface area (Å²) < 4.78 is 15.4. The first kappa shape index (κ1) is 21.6. The van der Waals surface area contributed by atoms with Crippen molar-refractivity contribution < 1.29 is 4.39 Å². The number of hydrogen-bond donors (Lipinski definition) is 3. The number of benzene rings is 1. The number of piperidine rings is 1. The molecule has 10 nitrogen and oxygen atoms in total. The second-order valence-electron chi connectivity index (χ2n) is 9.26. The van der Waals surface area contributed by atoms with Crippen molar-refractivity contribution in [3.8, 4) is 11.8 Å². The van der Waals surface area contributed by atoms with Gasteiger partial charge >= 0.3 is 0 Å². The van der Waals surface area contributed by atoms with E-state index in [-0.39, 0.29) is 28.8 Å². The Morgan fingerprint density at radius 3 is 2.62 bits per heavy atom. The van der Waals surface area contributed by atoms with Crippen molar-refractivity contribution in [2.75, 3.05) is 10.6 Å². The van der Waals surface area contributed by atoms with Crippen LogP contribution >= 0.6 is 0 Å². The molecule has 1 aromatic carbocycles. The monoisotopic (exact) mass is 436 g/mol. The first-order chi connectivity index (χ1) is 15.1. The molecule has 1 aliphatic heterocycles. The average Bonchev–Trinajstić information content (AvgIpc) is 3.22. The highest BCUT2D eigenvalue weighted by Gasteiger charge is 2.38. The molecule has 1 saturated heterocycles. The van der Waals surface area contributed by atoms with Crippen LogP contribution in [-0.4, -0.2) is 47.3 Å². The molecule has 0 saturated carbocycles. The lowest BCUT2D eigenvalue weighted by Gasteiger charge is -2.46. The van der Waals surface area contributed by atoms with Gasteiger partial charge in [0.1, 0.15) is 35.3 Å². The van der Waals surface area contributed by atoms with E-state index < -0.39 is 5.82 Å². The summed E-state index contributed by atoms with van der Waals surface area (Å²) in [5.74, 6) is 0.279. The van der Waals surface area contributed by atoms with E-state index in [1.165, 1.54) is 23.3 Å². The lowest BCUT2D eigenvalue weighted by molar-refractivity contribution is 0.170. The van der Waals surface area contributed by atoms with Crippen LogP contribution in [0.25, 0.3) is 5.69 Å². The third kappa shape index (κ3) is 4.81. The van der Waals surface area contributed by atoms with E-state index in [1.54, 1.807) is 12.1 Å². The summed E-state index contributed by atoms with van der Waals surface area (Å²) in [5.41, 5.74) is 0.989. The Balaban J connectivity index is 1.58. The third-order valence-electron chi connectivity index (χ3n) is 5.24. The number of nitrogens with zero attached hydrogens (tertiary/aromatic N) is 7. The van der Waals surface area contributed by atoms with Crippen LogP contribution in [0.3, 0.4) is 0 Å². The van der Waals surface area contributed by atoms with Gasteiger partial charge in [-0.2, -0.15) is 14.9 Å². The molecule has 1 aliphatic rings. The maximum Gasteiger partial charge on any atom is 0.229 e. The van der Waals surface area contributed by atoms with Crippen LogP contribution in [0, 0.1) is 17.1 Å². The van der Waals surface area contributed by atoms with Gasteiger partial charge < -0.3 is 16.0 Å². The minimum atomic E-state index is -0.470. The molecular weight excluding hydrogens is 411 g/mol. The van der Waals surface area contributed by atoms with Gasteiger partial charge in [0, 0.05) is 22.8 Å². The van der Waals surface area contributed by atoms with Gasteiger partial charge in [0.15, 0.2) is 0 Å². The van der Waals surface area contributed by atoms with E-state index in [0.717, 1.165) is 12.8 Å². The topological polar surface area (TPSA) is 129 Å². The Labute approximate surface area is 185 Å². The lowest BCUT2D eigenvalue weighted by atomic mass is 9.79. The number of tetrazole rings is 1. The Morgan fingerprint density at radius 1 is 1.22 bits per heavy atom. The van der Waals surface area contributed by atoms with Gasteiger partial charge in [-0.05, 0) is 69.2 Å². The fourth-order valence-electron chi connectivity index (χ4n) is 4.42. The van der Waals surface area contributed by atoms with E-state index in [1.807, 2.05) is 0 Å². The SMILES string of the molecule is CC1(C)CC(Nc2nc(Nc3ccc(F)c(-n4cnnn4)c3)ncc2C#N)CC(C)(C)N1. The molecule has 0 atom stereocenters. The molecule has 1 fully saturated rings. The second kappa shape index (κ2) is 8.12. The molecule has 11 heteroatoms. The van der Waals surface area contributed by atoms with E-state index in [2.05, 4.69) is 75.2 Å². The minimum Gasteiger partial charge on any atom is -0.366 e. The van der Waals surface area contributed by atoms with E-state index >= 15 is 0 Å². The minimum absolute atomic E-state index is 0.0545. The number of rotatable bonds is 5. The Morgan fingerprint density at radius 2 is 1.97 bits per heavy atom. The van der Waals surface area contributed by atoms with Crippen molar-refractivity contribution in [3.05, 3.63) is 42.1 Å². The molecular formula is C21H25FN10. The zero-order chi connectivity index (χ0) is 22.9. The van der Waals surface area contributed by atoms with Gasteiger partial charge in [-0.15, -0.1) is 5.10 Å². The zero-order valence-electron chi connectivity index (χ0n) is 18.4. The average molecular weight is 436 g/mol. The van der Waals surface area contributed by atoms with Gasteiger partial charge in [-0.1, -0.05) is 0 Å².